The number of hydrogen-bond donors (Lipinski definition) is 3. The number of rotatable bonds is 3. The van der Waals surface area contributed by atoms with E-state index in [0.717, 1.165) is 20.2 Å². The van der Waals surface area contributed by atoms with Gasteiger partial charge in [-0.15, -0.1) is 0 Å². The lowest BCUT2D eigenvalue weighted by molar-refractivity contribution is 0.102. The van der Waals surface area contributed by atoms with Gasteiger partial charge in [-0.3, -0.25) is 15.6 Å². The summed E-state index contributed by atoms with van der Waals surface area (Å²) in [6, 6.07) is 5.57. The molecular weight excluding hydrogens is 400 g/mol. The molecule has 5 nitrogen and oxygen atoms in total. The highest BCUT2D eigenvalue weighted by Gasteiger charge is 2.15. The first kappa shape index (κ1) is 15.9. The maximum Gasteiger partial charge on any atom is 0.259 e. The van der Waals surface area contributed by atoms with Gasteiger partial charge in [0.2, 0.25) is 0 Å². The van der Waals surface area contributed by atoms with Gasteiger partial charge in [-0.2, -0.15) is 0 Å². The molecule has 1 aromatic heterocycles. The fourth-order valence-corrected chi connectivity index (χ4v) is 3.47. The summed E-state index contributed by atoms with van der Waals surface area (Å²) in [6.07, 6.45) is 1.50. The van der Waals surface area contributed by atoms with Crippen molar-refractivity contribution >= 4 is 49.1 Å². The molecule has 1 amide bonds. The number of aryl methyl sites for hydroxylation is 2. The van der Waals surface area contributed by atoms with Crippen molar-refractivity contribution in [3.63, 3.8) is 0 Å². The van der Waals surface area contributed by atoms with Crippen LogP contribution in [0.2, 0.25) is 0 Å². The van der Waals surface area contributed by atoms with Crippen LogP contribution in [0.15, 0.2) is 33.3 Å². The Morgan fingerprint density at radius 2 is 1.81 bits per heavy atom. The molecule has 0 aliphatic carbocycles. The van der Waals surface area contributed by atoms with Gasteiger partial charge in [-0.1, -0.05) is 0 Å². The summed E-state index contributed by atoms with van der Waals surface area (Å²) in [6.45, 7) is 3.80. The normalized spacial score (nSPS) is 10.3. The highest BCUT2D eigenvalue weighted by Crippen LogP contribution is 2.33. The highest BCUT2D eigenvalue weighted by molar-refractivity contribution is 9.11. The van der Waals surface area contributed by atoms with Crippen molar-refractivity contribution in [2.75, 3.05) is 10.7 Å². The van der Waals surface area contributed by atoms with E-state index in [1.807, 2.05) is 26.0 Å². The van der Waals surface area contributed by atoms with Crippen molar-refractivity contribution in [1.82, 2.24) is 4.98 Å². The summed E-state index contributed by atoms with van der Waals surface area (Å²) in [7, 11) is 0. The molecule has 0 atom stereocenters. The second kappa shape index (κ2) is 6.55. The maximum absolute atomic E-state index is 12.4. The van der Waals surface area contributed by atoms with Crippen molar-refractivity contribution in [1.29, 1.82) is 0 Å². The Morgan fingerprint density at radius 1 is 1.19 bits per heavy atom. The molecule has 4 N–H and O–H groups in total. The molecule has 21 heavy (non-hydrogen) atoms. The molecule has 0 spiro atoms. The number of amides is 1. The van der Waals surface area contributed by atoms with Crippen LogP contribution in [0.5, 0.6) is 0 Å². The van der Waals surface area contributed by atoms with E-state index in [-0.39, 0.29) is 5.91 Å². The molecule has 0 aliphatic heterocycles. The summed E-state index contributed by atoms with van der Waals surface area (Å²) >= 11 is 6.89. The minimum absolute atomic E-state index is 0.291. The third-order valence-corrected chi connectivity index (χ3v) is 4.12. The lowest BCUT2D eigenvalue weighted by atomic mass is 10.2. The lowest BCUT2D eigenvalue weighted by Crippen LogP contribution is -2.18. The number of carbonyl (C=O) groups excluding carboxylic acids is 1. The van der Waals surface area contributed by atoms with Gasteiger partial charge in [-0.25, -0.2) is 0 Å². The molecule has 2 rings (SSSR count). The van der Waals surface area contributed by atoms with Gasteiger partial charge in [0.05, 0.1) is 16.9 Å². The molecule has 0 fully saturated rings. The average molecular weight is 414 g/mol. The number of nitrogen functional groups attached to an aromatic ring is 1. The second-order valence-corrected chi connectivity index (χ2v) is 6.28. The van der Waals surface area contributed by atoms with Gasteiger partial charge in [0.1, 0.15) is 0 Å². The van der Waals surface area contributed by atoms with Gasteiger partial charge in [0.25, 0.3) is 5.91 Å². The topological polar surface area (TPSA) is 80.0 Å². The van der Waals surface area contributed by atoms with E-state index in [4.69, 9.17) is 5.84 Å². The molecule has 0 saturated heterocycles. The second-order valence-electron chi connectivity index (χ2n) is 4.57. The number of anilines is 2. The Labute approximate surface area is 139 Å². The molecule has 110 valence electrons. The Bertz CT molecular complexity index is 680. The minimum Gasteiger partial charge on any atom is -0.323 e. The quantitative estimate of drug-likeness (QED) is 0.528. The number of hydrazine groups is 1. The Kier molecular flexibility index (Phi) is 4.97. The Balaban J connectivity index is 2.35. The first-order chi connectivity index (χ1) is 9.92. The van der Waals surface area contributed by atoms with Crippen LogP contribution in [0.3, 0.4) is 0 Å². The van der Waals surface area contributed by atoms with E-state index in [2.05, 4.69) is 47.6 Å². The van der Waals surface area contributed by atoms with Crippen LogP contribution in [0, 0.1) is 13.8 Å². The maximum atomic E-state index is 12.4. The lowest BCUT2D eigenvalue weighted by Gasteiger charge is -2.13. The zero-order valence-electron chi connectivity index (χ0n) is 11.5. The highest BCUT2D eigenvalue weighted by atomic mass is 79.9. The van der Waals surface area contributed by atoms with Crippen LogP contribution in [-0.2, 0) is 0 Å². The number of pyridine rings is 1. The van der Waals surface area contributed by atoms with E-state index in [1.54, 1.807) is 6.07 Å². The summed E-state index contributed by atoms with van der Waals surface area (Å²) in [5.74, 6) is 5.16. The molecule has 7 heteroatoms. The van der Waals surface area contributed by atoms with Crippen molar-refractivity contribution in [3.8, 4) is 0 Å². The summed E-state index contributed by atoms with van der Waals surface area (Å²) in [5.41, 5.74) is 5.93. The molecule has 0 aliphatic rings. The van der Waals surface area contributed by atoms with Gasteiger partial charge < -0.3 is 10.7 Å². The SMILES string of the molecule is Cc1cc(Br)c(NC(=O)c2cnc(C)cc2NN)c(Br)c1. The first-order valence-electron chi connectivity index (χ1n) is 6.12. The van der Waals surface area contributed by atoms with Crippen molar-refractivity contribution < 1.29 is 4.79 Å². The van der Waals surface area contributed by atoms with Crippen LogP contribution in [-0.4, -0.2) is 10.9 Å². The predicted molar refractivity (Wildman–Crippen MR) is 91.3 cm³/mol. The first-order valence-corrected chi connectivity index (χ1v) is 7.71. The molecule has 0 radical (unpaired) electrons. The van der Waals surface area contributed by atoms with Crippen LogP contribution in [0.25, 0.3) is 0 Å². The third kappa shape index (κ3) is 3.61. The minimum atomic E-state index is -0.291. The van der Waals surface area contributed by atoms with E-state index in [9.17, 15) is 4.79 Å². The van der Waals surface area contributed by atoms with Crippen LogP contribution < -0.4 is 16.6 Å². The Hall–Kier alpha value is -1.44. The summed E-state index contributed by atoms with van der Waals surface area (Å²) < 4.78 is 1.59. The van der Waals surface area contributed by atoms with E-state index < -0.39 is 0 Å². The molecule has 0 bridgehead atoms. The number of carbonyl (C=O) groups is 1. The number of aromatic nitrogens is 1. The molecule has 2 aromatic rings. The number of halogens is 2. The smallest absolute Gasteiger partial charge is 0.259 e. The zero-order valence-corrected chi connectivity index (χ0v) is 14.7. The standard InChI is InChI=1S/C14H14Br2N4O/c1-7-3-10(15)13(11(16)4-7)19-14(21)9-6-18-8(2)5-12(9)20-17/h3-6H,17H2,1-2H3,(H,18,20)(H,19,21). The van der Waals surface area contributed by atoms with Gasteiger partial charge in [0, 0.05) is 20.8 Å². The number of nitrogens with two attached hydrogens (primary N) is 1. The van der Waals surface area contributed by atoms with Crippen molar-refractivity contribution in [3.05, 3.63) is 50.2 Å². The molecule has 0 unspecified atom stereocenters. The van der Waals surface area contributed by atoms with Crippen LogP contribution in [0.1, 0.15) is 21.6 Å². The number of nitrogens with zero attached hydrogens (tertiary/aromatic N) is 1. The van der Waals surface area contributed by atoms with E-state index in [0.29, 0.717) is 16.9 Å². The van der Waals surface area contributed by atoms with Crippen molar-refractivity contribution in [2.24, 2.45) is 5.84 Å². The fourth-order valence-electron chi connectivity index (χ4n) is 1.86. The molecule has 1 aromatic carbocycles. The van der Waals surface area contributed by atoms with Gasteiger partial charge >= 0.3 is 0 Å². The molecular formula is C14H14Br2N4O. The van der Waals surface area contributed by atoms with Crippen LogP contribution in [0.4, 0.5) is 11.4 Å². The predicted octanol–water partition coefficient (Wildman–Crippen LogP) is 3.76. The fraction of sp³-hybridized carbons (Fsp3) is 0.143. The van der Waals surface area contributed by atoms with E-state index >= 15 is 0 Å². The zero-order chi connectivity index (χ0) is 15.6. The number of nitrogens with one attached hydrogen (secondary N) is 2. The molecule has 1 heterocycles. The van der Waals surface area contributed by atoms with Crippen molar-refractivity contribution in [2.45, 2.75) is 13.8 Å². The Morgan fingerprint density at radius 3 is 2.38 bits per heavy atom. The summed E-state index contributed by atoms with van der Waals surface area (Å²) in [5, 5.41) is 2.85. The van der Waals surface area contributed by atoms with E-state index in [1.165, 1.54) is 6.20 Å². The summed E-state index contributed by atoms with van der Waals surface area (Å²) in [4.78, 5) is 16.5. The van der Waals surface area contributed by atoms with Crippen LogP contribution >= 0.6 is 31.9 Å². The number of hydrogen-bond acceptors (Lipinski definition) is 4. The van der Waals surface area contributed by atoms with Gasteiger partial charge in [0.15, 0.2) is 0 Å². The van der Waals surface area contributed by atoms with Gasteiger partial charge in [-0.05, 0) is 69.5 Å². The third-order valence-electron chi connectivity index (χ3n) is 2.87. The monoisotopic (exact) mass is 412 g/mol. The average Bonchev–Trinajstić information content (AvgIpc) is 2.42. The number of benzene rings is 1. The largest absolute Gasteiger partial charge is 0.323 e. The molecule has 0 saturated carbocycles.